The molecule has 0 fully saturated rings. The summed E-state index contributed by atoms with van der Waals surface area (Å²) in [5.74, 6) is -0.548. The Balaban J connectivity index is 2.57. The van der Waals surface area contributed by atoms with Gasteiger partial charge in [-0.1, -0.05) is 18.2 Å². The van der Waals surface area contributed by atoms with Crippen LogP contribution in [0.2, 0.25) is 0 Å². The molecule has 2 rings (SSSR count). The summed E-state index contributed by atoms with van der Waals surface area (Å²) < 4.78 is 12.7. The van der Waals surface area contributed by atoms with Crippen molar-refractivity contribution in [1.82, 2.24) is 0 Å². The first-order chi connectivity index (χ1) is 5.81. The lowest BCUT2D eigenvalue weighted by molar-refractivity contribution is 0.625. The topological polar surface area (TPSA) is 23.8 Å². The summed E-state index contributed by atoms with van der Waals surface area (Å²) >= 11 is 0. The summed E-state index contributed by atoms with van der Waals surface area (Å²) in [6.45, 7) is 0. The SMILES string of the molecule is N#CC1C=Cc2ccc(F)cc21. The van der Waals surface area contributed by atoms with E-state index in [4.69, 9.17) is 5.26 Å². The van der Waals surface area contributed by atoms with Crippen molar-refractivity contribution in [1.29, 1.82) is 5.26 Å². The minimum Gasteiger partial charge on any atom is -0.207 e. The number of allylic oxidation sites excluding steroid dienone is 1. The van der Waals surface area contributed by atoms with Gasteiger partial charge in [-0.05, 0) is 23.3 Å². The molecule has 0 bridgehead atoms. The van der Waals surface area contributed by atoms with E-state index in [-0.39, 0.29) is 11.7 Å². The fourth-order valence-corrected chi connectivity index (χ4v) is 1.38. The number of halogens is 1. The van der Waals surface area contributed by atoms with Crippen molar-refractivity contribution in [2.75, 3.05) is 0 Å². The third kappa shape index (κ3) is 0.911. The normalized spacial score (nSPS) is 18.8. The lowest BCUT2D eigenvalue weighted by atomic mass is 10.0. The van der Waals surface area contributed by atoms with Gasteiger partial charge in [0, 0.05) is 0 Å². The van der Waals surface area contributed by atoms with E-state index in [0.29, 0.717) is 0 Å². The van der Waals surface area contributed by atoms with Gasteiger partial charge in [0.05, 0.1) is 12.0 Å². The maximum Gasteiger partial charge on any atom is 0.123 e. The van der Waals surface area contributed by atoms with Gasteiger partial charge in [-0.15, -0.1) is 0 Å². The van der Waals surface area contributed by atoms with Crippen molar-refractivity contribution >= 4 is 6.08 Å². The molecule has 0 amide bonds. The highest BCUT2D eigenvalue weighted by Crippen LogP contribution is 2.29. The van der Waals surface area contributed by atoms with Crippen LogP contribution in [0.4, 0.5) is 4.39 Å². The zero-order valence-electron chi connectivity index (χ0n) is 6.29. The largest absolute Gasteiger partial charge is 0.207 e. The molecule has 58 valence electrons. The monoisotopic (exact) mass is 159 g/mol. The zero-order chi connectivity index (χ0) is 8.55. The van der Waals surface area contributed by atoms with Gasteiger partial charge in [-0.25, -0.2) is 4.39 Å². The van der Waals surface area contributed by atoms with Crippen LogP contribution in [0.5, 0.6) is 0 Å². The second-order valence-corrected chi connectivity index (χ2v) is 2.74. The number of hydrogen-bond acceptors (Lipinski definition) is 1. The van der Waals surface area contributed by atoms with Crippen LogP contribution in [0, 0.1) is 17.1 Å². The maximum atomic E-state index is 12.7. The molecule has 0 N–H and O–H groups in total. The Labute approximate surface area is 69.8 Å². The zero-order valence-corrected chi connectivity index (χ0v) is 6.29. The van der Waals surface area contributed by atoms with Gasteiger partial charge in [0.25, 0.3) is 0 Å². The Morgan fingerprint density at radius 1 is 1.42 bits per heavy atom. The highest BCUT2D eigenvalue weighted by atomic mass is 19.1. The fraction of sp³-hybridized carbons (Fsp3) is 0.100. The van der Waals surface area contributed by atoms with Crippen LogP contribution in [0.1, 0.15) is 17.0 Å². The Hall–Kier alpha value is -1.62. The first kappa shape index (κ1) is 7.05. The third-order valence-electron chi connectivity index (χ3n) is 1.99. The number of benzene rings is 1. The average molecular weight is 159 g/mol. The van der Waals surface area contributed by atoms with Crippen LogP contribution in [-0.4, -0.2) is 0 Å². The number of nitrogens with zero attached hydrogens (tertiary/aromatic N) is 1. The summed E-state index contributed by atoms with van der Waals surface area (Å²) in [6, 6.07) is 6.61. The molecular weight excluding hydrogens is 153 g/mol. The fourth-order valence-electron chi connectivity index (χ4n) is 1.38. The summed E-state index contributed by atoms with van der Waals surface area (Å²) in [6.07, 6.45) is 3.63. The quantitative estimate of drug-likeness (QED) is 0.570. The van der Waals surface area contributed by atoms with Crippen molar-refractivity contribution in [3.8, 4) is 6.07 Å². The van der Waals surface area contributed by atoms with Gasteiger partial charge in [0.2, 0.25) is 0 Å². The third-order valence-corrected chi connectivity index (χ3v) is 1.99. The summed E-state index contributed by atoms with van der Waals surface area (Å²) in [5, 5.41) is 8.68. The Bertz CT molecular complexity index is 387. The standard InChI is InChI=1S/C10H6FN/c11-9-4-3-7-1-2-8(6-12)10(7)5-9/h1-5,8H. The van der Waals surface area contributed by atoms with Gasteiger partial charge in [-0.3, -0.25) is 0 Å². The van der Waals surface area contributed by atoms with Crippen LogP contribution >= 0.6 is 0 Å². The molecule has 1 aromatic rings. The van der Waals surface area contributed by atoms with E-state index in [0.717, 1.165) is 11.1 Å². The van der Waals surface area contributed by atoms with E-state index in [1.807, 2.05) is 6.08 Å². The van der Waals surface area contributed by atoms with Gasteiger partial charge in [0.1, 0.15) is 5.82 Å². The molecule has 1 aromatic carbocycles. The molecule has 0 aromatic heterocycles. The summed E-state index contributed by atoms with van der Waals surface area (Å²) in [5.41, 5.74) is 1.72. The van der Waals surface area contributed by atoms with E-state index in [9.17, 15) is 4.39 Å². The van der Waals surface area contributed by atoms with Crippen molar-refractivity contribution in [2.24, 2.45) is 0 Å². The lowest BCUT2D eigenvalue weighted by Gasteiger charge is -2.00. The molecular formula is C10H6FN. The average Bonchev–Trinajstić information content (AvgIpc) is 2.46. The predicted molar refractivity (Wildman–Crippen MR) is 43.8 cm³/mol. The smallest absolute Gasteiger partial charge is 0.123 e. The molecule has 0 spiro atoms. The van der Waals surface area contributed by atoms with Gasteiger partial charge >= 0.3 is 0 Å². The molecule has 1 atom stereocenters. The number of nitriles is 1. The van der Waals surface area contributed by atoms with Gasteiger partial charge in [-0.2, -0.15) is 5.26 Å². The second-order valence-electron chi connectivity index (χ2n) is 2.74. The Kier molecular flexibility index (Phi) is 1.44. The first-order valence-electron chi connectivity index (χ1n) is 3.68. The maximum absolute atomic E-state index is 12.7. The van der Waals surface area contributed by atoms with Crippen LogP contribution in [-0.2, 0) is 0 Å². The van der Waals surface area contributed by atoms with E-state index in [2.05, 4.69) is 6.07 Å². The minimum absolute atomic E-state index is 0.268. The highest BCUT2D eigenvalue weighted by Gasteiger charge is 2.16. The molecule has 0 saturated heterocycles. The van der Waals surface area contributed by atoms with Crippen LogP contribution in [0.25, 0.3) is 6.08 Å². The van der Waals surface area contributed by atoms with Gasteiger partial charge in [0.15, 0.2) is 0 Å². The number of rotatable bonds is 0. The van der Waals surface area contributed by atoms with Crippen LogP contribution in [0.15, 0.2) is 24.3 Å². The van der Waals surface area contributed by atoms with Crippen LogP contribution < -0.4 is 0 Å². The van der Waals surface area contributed by atoms with E-state index in [1.54, 1.807) is 12.1 Å². The molecule has 1 unspecified atom stereocenters. The minimum atomic E-state index is -0.280. The van der Waals surface area contributed by atoms with Gasteiger partial charge < -0.3 is 0 Å². The van der Waals surface area contributed by atoms with Crippen molar-refractivity contribution in [3.05, 3.63) is 41.2 Å². The Morgan fingerprint density at radius 2 is 2.25 bits per heavy atom. The first-order valence-corrected chi connectivity index (χ1v) is 3.68. The predicted octanol–water partition coefficient (Wildman–Crippen LogP) is 2.46. The summed E-state index contributed by atoms with van der Waals surface area (Å²) in [7, 11) is 0. The van der Waals surface area contributed by atoms with Crippen molar-refractivity contribution in [2.45, 2.75) is 5.92 Å². The summed E-state index contributed by atoms with van der Waals surface area (Å²) in [4.78, 5) is 0. The molecule has 0 aliphatic heterocycles. The van der Waals surface area contributed by atoms with E-state index >= 15 is 0 Å². The van der Waals surface area contributed by atoms with Crippen molar-refractivity contribution in [3.63, 3.8) is 0 Å². The number of hydrogen-bond donors (Lipinski definition) is 0. The van der Waals surface area contributed by atoms with E-state index < -0.39 is 0 Å². The molecule has 1 aliphatic rings. The molecule has 0 saturated carbocycles. The van der Waals surface area contributed by atoms with Crippen molar-refractivity contribution < 1.29 is 4.39 Å². The number of fused-ring (bicyclic) bond motifs is 1. The molecule has 1 nitrogen and oxygen atoms in total. The molecule has 12 heavy (non-hydrogen) atoms. The van der Waals surface area contributed by atoms with Crippen LogP contribution in [0.3, 0.4) is 0 Å². The molecule has 2 heteroatoms. The molecule has 0 heterocycles. The molecule has 0 radical (unpaired) electrons. The second kappa shape index (κ2) is 2.46. The lowest BCUT2D eigenvalue weighted by Crippen LogP contribution is -1.89. The van der Waals surface area contributed by atoms with E-state index in [1.165, 1.54) is 12.1 Å². The molecule has 1 aliphatic carbocycles. The Morgan fingerprint density at radius 3 is 3.00 bits per heavy atom. The highest BCUT2D eigenvalue weighted by molar-refractivity contribution is 5.64.